The summed E-state index contributed by atoms with van der Waals surface area (Å²) >= 11 is 0. The van der Waals surface area contributed by atoms with Crippen molar-refractivity contribution in [3.05, 3.63) is 48.0 Å². The number of carbonyl (C=O) groups excluding carboxylic acids is 1. The van der Waals surface area contributed by atoms with Gasteiger partial charge in [-0.05, 0) is 38.1 Å². The molecule has 0 aromatic heterocycles. The number of amides is 1. The van der Waals surface area contributed by atoms with Gasteiger partial charge < -0.3 is 24.0 Å². The number of carbonyl (C=O) groups is 1. The monoisotopic (exact) mass is 409 g/mol. The van der Waals surface area contributed by atoms with Gasteiger partial charge in [0, 0.05) is 19.7 Å². The Morgan fingerprint density at radius 1 is 1.23 bits per heavy atom. The SMILES string of the molecule is CCOc1cc(C#N)ccc1OCC(=O)N(C)CC1CN(CC)c2ccccc2O1. The van der Waals surface area contributed by atoms with Crippen LogP contribution in [0.1, 0.15) is 19.4 Å². The first kappa shape index (κ1) is 21.3. The first-order valence-electron chi connectivity index (χ1n) is 10.1. The molecule has 1 aliphatic heterocycles. The third-order valence-electron chi connectivity index (χ3n) is 4.93. The van der Waals surface area contributed by atoms with Crippen molar-refractivity contribution < 1.29 is 19.0 Å². The molecule has 2 aromatic rings. The summed E-state index contributed by atoms with van der Waals surface area (Å²) in [7, 11) is 1.74. The van der Waals surface area contributed by atoms with Crippen LogP contribution >= 0.6 is 0 Å². The summed E-state index contributed by atoms with van der Waals surface area (Å²) in [4.78, 5) is 16.5. The number of hydrogen-bond acceptors (Lipinski definition) is 6. The highest BCUT2D eigenvalue weighted by Gasteiger charge is 2.26. The maximum absolute atomic E-state index is 12.6. The van der Waals surface area contributed by atoms with Crippen LogP contribution in [0, 0.1) is 11.3 Å². The molecular weight excluding hydrogens is 382 g/mol. The molecule has 0 fully saturated rings. The van der Waals surface area contributed by atoms with Gasteiger partial charge in [0.15, 0.2) is 18.1 Å². The summed E-state index contributed by atoms with van der Waals surface area (Å²) < 4.78 is 17.3. The smallest absolute Gasteiger partial charge is 0.260 e. The number of anilines is 1. The van der Waals surface area contributed by atoms with Crippen LogP contribution < -0.4 is 19.1 Å². The van der Waals surface area contributed by atoms with Crippen LogP contribution in [0.15, 0.2) is 42.5 Å². The van der Waals surface area contributed by atoms with Crippen LogP contribution in [0.5, 0.6) is 17.2 Å². The summed E-state index contributed by atoms with van der Waals surface area (Å²) in [5.74, 6) is 1.58. The summed E-state index contributed by atoms with van der Waals surface area (Å²) in [6, 6.07) is 14.9. The van der Waals surface area contributed by atoms with E-state index in [1.54, 1.807) is 30.1 Å². The highest BCUT2D eigenvalue weighted by atomic mass is 16.5. The first-order chi connectivity index (χ1) is 14.5. The molecule has 30 heavy (non-hydrogen) atoms. The van der Waals surface area contributed by atoms with Gasteiger partial charge in [-0.15, -0.1) is 0 Å². The molecule has 0 spiro atoms. The summed E-state index contributed by atoms with van der Waals surface area (Å²) in [5, 5.41) is 9.04. The number of hydrogen-bond donors (Lipinski definition) is 0. The van der Waals surface area contributed by atoms with E-state index in [4.69, 9.17) is 19.5 Å². The Morgan fingerprint density at radius 3 is 2.77 bits per heavy atom. The van der Waals surface area contributed by atoms with Crippen LogP contribution in [-0.4, -0.2) is 56.8 Å². The van der Waals surface area contributed by atoms with Crippen molar-refractivity contribution in [1.29, 1.82) is 5.26 Å². The van der Waals surface area contributed by atoms with Gasteiger partial charge in [0.2, 0.25) is 0 Å². The number of benzene rings is 2. The summed E-state index contributed by atoms with van der Waals surface area (Å²) in [5.41, 5.74) is 1.56. The van der Waals surface area contributed by atoms with Crippen molar-refractivity contribution in [3.63, 3.8) is 0 Å². The van der Waals surface area contributed by atoms with E-state index in [0.29, 0.717) is 30.2 Å². The Kier molecular flexibility index (Phi) is 7.02. The topological polar surface area (TPSA) is 75.0 Å². The fourth-order valence-electron chi connectivity index (χ4n) is 3.40. The zero-order valence-corrected chi connectivity index (χ0v) is 17.6. The van der Waals surface area contributed by atoms with Crippen molar-refractivity contribution in [2.45, 2.75) is 20.0 Å². The van der Waals surface area contributed by atoms with Gasteiger partial charge in [-0.3, -0.25) is 4.79 Å². The van der Waals surface area contributed by atoms with Gasteiger partial charge in [-0.1, -0.05) is 12.1 Å². The van der Waals surface area contributed by atoms with E-state index >= 15 is 0 Å². The maximum atomic E-state index is 12.6. The Labute approximate surface area is 177 Å². The quantitative estimate of drug-likeness (QED) is 0.667. The molecule has 158 valence electrons. The predicted molar refractivity (Wildman–Crippen MR) is 114 cm³/mol. The molecule has 3 rings (SSSR count). The summed E-state index contributed by atoms with van der Waals surface area (Å²) in [6.07, 6.45) is -0.123. The van der Waals surface area contributed by atoms with Crippen molar-refractivity contribution >= 4 is 11.6 Å². The zero-order chi connectivity index (χ0) is 21.5. The molecule has 0 saturated heterocycles. The van der Waals surface area contributed by atoms with E-state index in [-0.39, 0.29) is 18.6 Å². The molecule has 1 heterocycles. The largest absolute Gasteiger partial charge is 0.490 e. The second-order valence-electron chi connectivity index (χ2n) is 7.02. The lowest BCUT2D eigenvalue weighted by atomic mass is 10.2. The molecule has 0 N–H and O–H groups in total. The van der Waals surface area contributed by atoms with Crippen molar-refractivity contribution in [1.82, 2.24) is 4.90 Å². The van der Waals surface area contributed by atoms with Gasteiger partial charge >= 0.3 is 0 Å². The fraction of sp³-hybridized carbons (Fsp3) is 0.391. The first-order valence-corrected chi connectivity index (χ1v) is 10.1. The lowest BCUT2D eigenvalue weighted by Crippen LogP contribution is -2.47. The number of nitrogens with zero attached hydrogens (tertiary/aromatic N) is 3. The normalized spacial score (nSPS) is 14.9. The van der Waals surface area contributed by atoms with Crippen molar-refractivity contribution in [2.24, 2.45) is 0 Å². The molecule has 7 nitrogen and oxygen atoms in total. The van der Waals surface area contributed by atoms with E-state index in [1.165, 1.54) is 0 Å². The minimum atomic E-state index is -0.160. The average Bonchev–Trinajstić information content (AvgIpc) is 2.77. The lowest BCUT2D eigenvalue weighted by Gasteiger charge is -2.37. The number of likely N-dealkylation sites (N-methyl/N-ethyl adjacent to an activating group) is 2. The van der Waals surface area contributed by atoms with E-state index in [0.717, 1.165) is 24.5 Å². The fourth-order valence-corrected chi connectivity index (χ4v) is 3.40. The molecule has 1 aliphatic rings. The molecule has 0 aliphatic carbocycles. The van der Waals surface area contributed by atoms with E-state index in [1.807, 2.05) is 31.2 Å². The number of para-hydroxylation sites is 2. The van der Waals surface area contributed by atoms with Gasteiger partial charge in [0.25, 0.3) is 5.91 Å². The molecule has 0 bridgehead atoms. The zero-order valence-electron chi connectivity index (χ0n) is 17.6. The lowest BCUT2D eigenvalue weighted by molar-refractivity contribution is -0.133. The molecule has 0 radical (unpaired) electrons. The van der Waals surface area contributed by atoms with E-state index < -0.39 is 0 Å². The minimum absolute atomic E-state index is 0.122. The molecule has 1 unspecified atom stereocenters. The van der Waals surface area contributed by atoms with Crippen LogP contribution in [0.25, 0.3) is 0 Å². The van der Waals surface area contributed by atoms with E-state index in [2.05, 4.69) is 17.9 Å². The predicted octanol–water partition coefficient (Wildman–Crippen LogP) is 3.08. The van der Waals surface area contributed by atoms with E-state index in [9.17, 15) is 4.79 Å². The van der Waals surface area contributed by atoms with Gasteiger partial charge in [-0.25, -0.2) is 0 Å². The van der Waals surface area contributed by atoms with Crippen LogP contribution in [0.2, 0.25) is 0 Å². The number of ether oxygens (including phenoxy) is 3. The third kappa shape index (κ3) is 4.95. The van der Waals surface area contributed by atoms with Gasteiger partial charge in [0.1, 0.15) is 11.9 Å². The van der Waals surface area contributed by atoms with Crippen molar-refractivity contribution in [3.8, 4) is 23.3 Å². The van der Waals surface area contributed by atoms with Crippen LogP contribution in [0.3, 0.4) is 0 Å². The molecule has 0 saturated carbocycles. The highest BCUT2D eigenvalue weighted by Crippen LogP contribution is 2.33. The standard InChI is InChI=1S/C23H27N3O4/c1-4-26-15-18(30-20-9-7-6-8-19(20)26)14-25(3)23(27)16-29-21-11-10-17(13-24)12-22(21)28-5-2/h6-12,18H,4-5,14-16H2,1-3H3. The molecule has 1 amide bonds. The van der Waals surface area contributed by atoms with Crippen LogP contribution in [0.4, 0.5) is 5.69 Å². The molecule has 2 aromatic carbocycles. The number of fused-ring (bicyclic) bond motifs is 1. The van der Waals surface area contributed by atoms with Gasteiger partial charge in [-0.2, -0.15) is 5.26 Å². The Morgan fingerprint density at radius 2 is 2.03 bits per heavy atom. The maximum Gasteiger partial charge on any atom is 0.260 e. The summed E-state index contributed by atoms with van der Waals surface area (Å²) in [6.45, 7) is 6.32. The van der Waals surface area contributed by atoms with Crippen LogP contribution in [-0.2, 0) is 4.79 Å². The average molecular weight is 409 g/mol. The number of nitriles is 1. The molecule has 1 atom stereocenters. The second kappa shape index (κ2) is 9.88. The third-order valence-corrected chi connectivity index (χ3v) is 4.93. The van der Waals surface area contributed by atoms with Gasteiger partial charge in [0.05, 0.1) is 37.0 Å². The Hall–Kier alpha value is -3.40. The van der Waals surface area contributed by atoms with Crippen molar-refractivity contribution in [2.75, 3.05) is 44.8 Å². The highest BCUT2D eigenvalue weighted by molar-refractivity contribution is 5.77. The second-order valence-corrected chi connectivity index (χ2v) is 7.02. The molecule has 7 heteroatoms. The Bertz CT molecular complexity index is 925. The Balaban J connectivity index is 1.59. The molecular formula is C23H27N3O4. The minimum Gasteiger partial charge on any atom is -0.490 e. The number of rotatable bonds is 8.